The van der Waals surface area contributed by atoms with Crippen molar-refractivity contribution in [2.24, 2.45) is 5.92 Å². The molecule has 0 heterocycles. The molecule has 0 aliphatic heterocycles. The second kappa shape index (κ2) is 10.1. The maximum atomic E-state index is 11.4. The van der Waals surface area contributed by atoms with Gasteiger partial charge in [-0.25, -0.2) is 0 Å². The third-order valence-electron chi connectivity index (χ3n) is 2.93. The van der Waals surface area contributed by atoms with E-state index in [0.29, 0.717) is 18.8 Å². The summed E-state index contributed by atoms with van der Waals surface area (Å²) in [5.41, 5.74) is 0. The van der Waals surface area contributed by atoms with Crippen LogP contribution in [-0.4, -0.2) is 23.5 Å². The number of carboxylic acids is 1. The minimum absolute atomic E-state index is 0.0267. The summed E-state index contributed by atoms with van der Waals surface area (Å²) >= 11 is 0. The first kappa shape index (κ1) is 15.9. The first-order valence-corrected chi connectivity index (χ1v) is 6.58. The molecule has 0 unspecified atom stereocenters. The molecule has 0 saturated carbocycles. The van der Waals surface area contributed by atoms with Gasteiger partial charge in [0, 0.05) is 19.4 Å². The minimum Gasteiger partial charge on any atom is -0.481 e. The molecule has 4 nitrogen and oxygen atoms in total. The van der Waals surface area contributed by atoms with E-state index >= 15 is 0 Å². The molecule has 0 spiro atoms. The highest BCUT2D eigenvalue weighted by atomic mass is 16.4. The van der Waals surface area contributed by atoms with Crippen molar-refractivity contribution in [3.05, 3.63) is 0 Å². The van der Waals surface area contributed by atoms with E-state index < -0.39 is 5.97 Å². The Balaban J connectivity index is 3.62. The Morgan fingerprint density at radius 3 is 2.41 bits per heavy atom. The molecule has 0 aliphatic carbocycles. The molecule has 0 aromatic carbocycles. The summed E-state index contributed by atoms with van der Waals surface area (Å²) in [7, 11) is 0. The van der Waals surface area contributed by atoms with Gasteiger partial charge in [-0.05, 0) is 18.8 Å². The van der Waals surface area contributed by atoms with Crippen LogP contribution >= 0.6 is 0 Å². The number of nitrogens with one attached hydrogen (secondary N) is 1. The average molecular weight is 243 g/mol. The van der Waals surface area contributed by atoms with Crippen LogP contribution < -0.4 is 5.32 Å². The Morgan fingerprint density at radius 2 is 1.88 bits per heavy atom. The fraction of sp³-hybridized carbons (Fsp3) is 0.846. The number of amides is 1. The average Bonchev–Trinajstić information content (AvgIpc) is 2.29. The van der Waals surface area contributed by atoms with Gasteiger partial charge in [0.05, 0.1) is 0 Å². The molecule has 0 rings (SSSR count). The van der Waals surface area contributed by atoms with E-state index in [-0.39, 0.29) is 12.3 Å². The molecule has 1 amide bonds. The maximum Gasteiger partial charge on any atom is 0.303 e. The fourth-order valence-electron chi connectivity index (χ4n) is 1.69. The zero-order valence-corrected chi connectivity index (χ0v) is 11.0. The molecule has 100 valence electrons. The Labute approximate surface area is 104 Å². The Hall–Kier alpha value is -1.06. The number of carbonyl (C=O) groups is 2. The zero-order valence-electron chi connectivity index (χ0n) is 11.0. The van der Waals surface area contributed by atoms with Crippen LogP contribution in [0.5, 0.6) is 0 Å². The summed E-state index contributed by atoms with van der Waals surface area (Å²) in [6, 6.07) is 0. The van der Waals surface area contributed by atoms with Gasteiger partial charge in [0.2, 0.25) is 5.91 Å². The van der Waals surface area contributed by atoms with Gasteiger partial charge in [-0.1, -0.05) is 33.1 Å². The maximum absolute atomic E-state index is 11.4. The predicted octanol–water partition coefficient (Wildman–Crippen LogP) is 2.57. The van der Waals surface area contributed by atoms with Crippen molar-refractivity contribution < 1.29 is 14.7 Å². The Bertz CT molecular complexity index is 229. The molecule has 4 heteroatoms. The van der Waals surface area contributed by atoms with Crippen molar-refractivity contribution in [3.8, 4) is 0 Å². The second-order valence-electron chi connectivity index (χ2n) is 4.47. The van der Waals surface area contributed by atoms with Crippen molar-refractivity contribution in [1.29, 1.82) is 0 Å². The fourth-order valence-corrected chi connectivity index (χ4v) is 1.69. The molecular formula is C13H25NO3. The number of hydrogen-bond donors (Lipinski definition) is 2. The van der Waals surface area contributed by atoms with Crippen LogP contribution in [0.3, 0.4) is 0 Å². The van der Waals surface area contributed by atoms with E-state index in [4.69, 9.17) is 5.11 Å². The van der Waals surface area contributed by atoms with Crippen LogP contribution in [-0.2, 0) is 9.59 Å². The lowest BCUT2D eigenvalue weighted by Gasteiger charge is -2.15. The highest BCUT2D eigenvalue weighted by Gasteiger charge is 2.08. The van der Waals surface area contributed by atoms with E-state index in [1.165, 1.54) is 12.8 Å². The lowest BCUT2D eigenvalue weighted by Crippen LogP contribution is -2.29. The van der Waals surface area contributed by atoms with E-state index in [1.54, 1.807) is 0 Å². The topological polar surface area (TPSA) is 66.4 Å². The van der Waals surface area contributed by atoms with Gasteiger partial charge in [-0.2, -0.15) is 0 Å². The highest BCUT2D eigenvalue weighted by Crippen LogP contribution is 2.11. The Kier molecular flexibility index (Phi) is 9.49. The summed E-state index contributed by atoms with van der Waals surface area (Å²) in [5.74, 6) is -0.313. The number of carboxylic acid groups (broad SMARTS) is 1. The van der Waals surface area contributed by atoms with Gasteiger partial charge in [0.15, 0.2) is 0 Å². The first-order chi connectivity index (χ1) is 8.10. The third kappa shape index (κ3) is 9.85. The van der Waals surface area contributed by atoms with Crippen LogP contribution in [0, 0.1) is 5.92 Å². The van der Waals surface area contributed by atoms with E-state index in [0.717, 1.165) is 19.4 Å². The van der Waals surface area contributed by atoms with E-state index in [9.17, 15) is 9.59 Å². The van der Waals surface area contributed by atoms with Gasteiger partial charge in [0.25, 0.3) is 0 Å². The number of aliphatic carboxylic acids is 1. The highest BCUT2D eigenvalue weighted by molar-refractivity contribution is 5.76. The normalized spacial score (nSPS) is 12.1. The van der Waals surface area contributed by atoms with Gasteiger partial charge in [-0.15, -0.1) is 0 Å². The quantitative estimate of drug-likeness (QED) is 0.619. The van der Waals surface area contributed by atoms with E-state index in [2.05, 4.69) is 19.2 Å². The number of rotatable bonds is 10. The molecule has 0 radical (unpaired) electrons. The van der Waals surface area contributed by atoms with Crippen LogP contribution in [0.4, 0.5) is 0 Å². The van der Waals surface area contributed by atoms with Crippen molar-refractivity contribution in [1.82, 2.24) is 5.32 Å². The van der Waals surface area contributed by atoms with Gasteiger partial charge < -0.3 is 10.4 Å². The molecule has 0 aromatic rings. The minimum atomic E-state index is -0.841. The summed E-state index contributed by atoms with van der Waals surface area (Å²) in [6.07, 6.45) is 5.43. The zero-order chi connectivity index (χ0) is 13.1. The number of unbranched alkanes of at least 4 members (excludes halogenated alkanes) is 1. The monoisotopic (exact) mass is 243 g/mol. The Morgan fingerprint density at radius 1 is 1.18 bits per heavy atom. The molecule has 0 aliphatic rings. The smallest absolute Gasteiger partial charge is 0.303 e. The molecule has 0 bridgehead atoms. The molecule has 17 heavy (non-hydrogen) atoms. The SMILES string of the molecule is CCCC[C@H](CC)CNC(=O)CCCC(=O)O. The molecular weight excluding hydrogens is 218 g/mol. The molecule has 0 saturated heterocycles. The second-order valence-corrected chi connectivity index (χ2v) is 4.47. The van der Waals surface area contributed by atoms with E-state index in [1.807, 2.05) is 0 Å². The summed E-state index contributed by atoms with van der Waals surface area (Å²) < 4.78 is 0. The van der Waals surface area contributed by atoms with Crippen LogP contribution in [0.1, 0.15) is 58.8 Å². The van der Waals surface area contributed by atoms with Crippen molar-refractivity contribution >= 4 is 11.9 Å². The van der Waals surface area contributed by atoms with Gasteiger partial charge >= 0.3 is 5.97 Å². The van der Waals surface area contributed by atoms with Crippen molar-refractivity contribution in [2.45, 2.75) is 58.8 Å². The predicted molar refractivity (Wildman–Crippen MR) is 67.8 cm³/mol. The number of carbonyl (C=O) groups excluding carboxylic acids is 1. The molecule has 1 atom stereocenters. The van der Waals surface area contributed by atoms with Crippen LogP contribution in [0.15, 0.2) is 0 Å². The summed E-state index contributed by atoms with van der Waals surface area (Å²) in [4.78, 5) is 21.7. The van der Waals surface area contributed by atoms with Crippen LogP contribution in [0.2, 0.25) is 0 Å². The number of hydrogen-bond acceptors (Lipinski definition) is 2. The lowest BCUT2D eigenvalue weighted by molar-refractivity contribution is -0.137. The molecule has 0 fully saturated rings. The van der Waals surface area contributed by atoms with Crippen molar-refractivity contribution in [2.75, 3.05) is 6.54 Å². The lowest BCUT2D eigenvalue weighted by atomic mass is 9.99. The molecule has 0 aromatic heterocycles. The summed E-state index contributed by atoms with van der Waals surface area (Å²) in [6.45, 7) is 5.02. The first-order valence-electron chi connectivity index (χ1n) is 6.58. The summed E-state index contributed by atoms with van der Waals surface area (Å²) in [5, 5.41) is 11.3. The van der Waals surface area contributed by atoms with Crippen LogP contribution in [0.25, 0.3) is 0 Å². The largest absolute Gasteiger partial charge is 0.481 e. The van der Waals surface area contributed by atoms with Crippen molar-refractivity contribution in [3.63, 3.8) is 0 Å². The molecule has 2 N–H and O–H groups in total. The standard InChI is InChI=1S/C13H25NO3/c1-3-5-7-11(4-2)10-14-12(15)8-6-9-13(16)17/h11H,3-10H2,1-2H3,(H,14,15)(H,16,17)/t11-/m0/s1. The van der Waals surface area contributed by atoms with Gasteiger partial charge in [-0.3, -0.25) is 9.59 Å². The van der Waals surface area contributed by atoms with Gasteiger partial charge in [0.1, 0.15) is 0 Å². The third-order valence-corrected chi connectivity index (χ3v) is 2.93.